The molecule has 2 aromatic heterocycles. The molecule has 0 bridgehead atoms. The predicted molar refractivity (Wildman–Crippen MR) is 170 cm³/mol. The molecule has 0 radical (unpaired) electrons. The number of fused-ring (bicyclic) bond motifs is 6. The molecule has 5 aromatic carbocycles. The number of nitrogens with zero attached hydrogens (tertiary/aromatic N) is 2. The lowest BCUT2D eigenvalue weighted by molar-refractivity contribution is 0.590. The summed E-state index contributed by atoms with van der Waals surface area (Å²) in [6.45, 7) is 12.0. The third-order valence-electron chi connectivity index (χ3n) is 7.01. The Labute approximate surface area is 235 Å². The number of aromatic nitrogens is 2. The third kappa shape index (κ3) is 4.19. The fourth-order valence-corrected chi connectivity index (χ4v) is 6.87. The molecular formula is C35H32N2O2S. The van der Waals surface area contributed by atoms with Gasteiger partial charge in [-0.3, -0.25) is 0 Å². The molecule has 0 aliphatic heterocycles. The van der Waals surface area contributed by atoms with E-state index in [9.17, 15) is 8.42 Å². The van der Waals surface area contributed by atoms with Crippen molar-refractivity contribution in [3.05, 3.63) is 134 Å². The van der Waals surface area contributed by atoms with Gasteiger partial charge in [-0.25, -0.2) is 12.4 Å². The number of aryl methyl sites for hydroxylation is 1. The van der Waals surface area contributed by atoms with Gasteiger partial charge in [0.25, 0.3) is 10.0 Å². The molecule has 0 fully saturated rings. The summed E-state index contributed by atoms with van der Waals surface area (Å²) in [6.07, 6.45) is 0. The lowest BCUT2D eigenvalue weighted by atomic mass is 10.1. The quantitative estimate of drug-likeness (QED) is 0.208. The molecule has 0 saturated carbocycles. The Morgan fingerprint density at radius 2 is 1.00 bits per heavy atom. The van der Waals surface area contributed by atoms with Gasteiger partial charge in [0.15, 0.2) is 0 Å². The van der Waals surface area contributed by atoms with E-state index in [4.69, 9.17) is 0 Å². The largest absolute Gasteiger partial charge is 0.309 e. The van der Waals surface area contributed by atoms with E-state index in [1.54, 1.807) is 12.1 Å². The summed E-state index contributed by atoms with van der Waals surface area (Å²) >= 11 is 0. The van der Waals surface area contributed by atoms with Crippen molar-refractivity contribution in [1.82, 2.24) is 8.54 Å². The van der Waals surface area contributed by atoms with Crippen molar-refractivity contribution in [2.45, 2.75) is 25.7 Å². The molecule has 0 N–H and O–H groups in total. The van der Waals surface area contributed by atoms with Crippen molar-refractivity contribution in [2.75, 3.05) is 0 Å². The predicted octanol–water partition coefficient (Wildman–Crippen LogP) is 9.27. The van der Waals surface area contributed by atoms with Crippen molar-refractivity contribution >= 4 is 53.6 Å². The maximum atomic E-state index is 13.9. The van der Waals surface area contributed by atoms with E-state index in [1.165, 1.54) is 14.7 Å². The van der Waals surface area contributed by atoms with Crippen LogP contribution in [0.5, 0.6) is 0 Å². The van der Waals surface area contributed by atoms with Gasteiger partial charge in [-0.2, -0.15) is 0 Å². The second-order valence-corrected chi connectivity index (χ2v) is 11.0. The summed E-state index contributed by atoms with van der Waals surface area (Å²) in [5.74, 6) is 0. The van der Waals surface area contributed by atoms with Crippen molar-refractivity contribution < 1.29 is 8.42 Å². The fourth-order valence-electron chi connectivity index (χ4n) is 5.34. The normalized spacial score (nSPS) is 11.3. The number of hydrogen-bond donors (Lipinski definition) is 0. The maximum absolute atomic E-state index is 13.9. The third-order valence-corrected chi connectivity index (χ3v) is 8.75. The van der Waals surface area contributed by atoms with Gasteiger partial charge in [-0.15, -0.1) is 13.2 Å². The first-order valence-electron chi connectivity index (χ1n) is 13.4. The maximum Gasteiger partial charge on any atom is 0.268 e. The van der Waals surface area contributed by atoms with E-state index in [2.05, 4.69) is 72.3 Å². The first-order chi connectivity index (χ1) is 19.5. The minimum Gasteiger partial charge on any atom is -0.309 e. The molecule has 0 atom stereocenters. The Balaban J connectivity index is 0.000000774. The molecule has 0 saturated heterocycles. The lowest BCUT2D eigenvalue weighted by Crippen LogP contribution is -2.12. The Bertz CT molecular complexity index is 2030. The summed E-state index contributed by atoms with van der Waals surface area (Å²) in [5, 5.41) is 4.20. The molecule has 200 valence electrons. The van der Waals surface area contributed by atoms with Crippen LogP contribution in [0.25, 0.3) is 49.3 Å². The van der Waals surface area contributed by atoms with E-state index in [0.717, 1.165) is 33.1 Å². The van der Waals surface area contributed by atoms with Crippen LogP contribution in [0.2, 0.25) is 0 Å². The van der Waals surface area contributed by atoms with Gasteiger partial charge >= 0.3 is 0 Å². The minimum atomic E-state index is -3.79. The van der Waals surface area contributed by atoms with Crippen molar-refractivity contribution in [1.29, 1.82) is 0 Å². The summed E-state index contributed by atoms with van der Waals surface area (Å²) in [7, 11) is -3.79. The van der Waals surface area contributed by atoms with Crippen LogP contribution in [0.3, 0.4) is 0 Å². The summed E-state index contributed by atoms with van der Waals surface area (Å²) < 4.78 is 31.4. The summed E-state index contributed by atoms with van der Waals surface area (Å²) in [4.78, 5) is 0.280. The molecule has 2 heterocycles. The zero-order chi connectivity index (χ0) is 28.4. The van der Waals surface area contributed by atoms with Gasteiger partial charge in [0.1, 0.15) is 0 Å². The zero-order valence-corrected chi connectivity index (χ0v) is 23.8. The molecule has 0 unspecified atom stereocenters. The zero-order valence-electron chi connectivity index (χ0n) is 23.0. The Morgan fingerprint density at radius 3 is 1.55 bits per heavy atom. The number of hydrogen-bond acceptors (Lipinski definition) is 2. The Morgan fingerprint density at radius 1 is 0.550 bits per heavy atom. The number of para-hydroxylation sites is 3. The van der Waals surface area contributed by atoms with Crippen LogP contribution >= 0.6 is 0 Å². The highest BCUT2D eigenvalue weighted by Gasteiger charge is 2.24. The second-order valence-electron chi connectivity index (χ2n) is 9.17. The molecule has 0 aliphatic rings. The highest BCUT2D eigenvalue weighted by Crippen LogP contribution is 2.36. The topological polar surface area (TPSA) is 44.0 Å². The molecule has 0 amide bonds. The second kappa shape index (κ2) is 10.9. The van der Waals surface area contributed by atoms with Crippen LogP contribution in [-0.4, -0.2) is 17.0 Å². The van der Waals surface area contributed by atoms with Gasteiger partial charge in [-0.05, 0) is 55.5 Å². The minimum absolute atomic E-state index is 0.280. The molecule has 40 heavy (non-hydrogen) atoms. The van der Waals surface area contributed by atoms with Crippen molar-refractivity contribution in [3.63, 3.8) is 0 Å². The van der Waals surface area contributed by atoms with Crippen LogP contribution in [0.1, 0.15) is 19.4 Å². The Hall–Kier alpha value is -4.61. The smallest absolute Gasteiger partial charge is 0.268 e. The molecular weight excluding hydrogens is 512 g/mol. The van der Waals surface area contributed by atoms with Gasteiger partial charge in [0, 0.05) is 27.2 Å². The van der Waals surface area contributed by atoms with Crippen LogP contribution in [0.15, 0.2) is 133 Å². The molecule has 7 aromatic rings. The first kappa shape index (κ1) is 27.0. The van der Waals surface area contributed by atoms with Gasteiger partial charge < -0.3 is 4.57 Å². The molecule has 7 rings (SSSR count). The molecule has 4 nitrogen and oxygen atoms in total. The number of rotatable bonds is 3. The lowest BCUT2D eigenvalue weighted by Gasteiger charge is -2.11. The first-order valence-corrected chi connectivity index (χ1v) is 14.8. The van der Waals surface area contributed by atoms with E-state index < -0.39 is 10.0 Å². The van der Waals surface area contributed by atoms with Gasteiger partial charge in [0.2, 0.25) is 0 Å². The van der Waals surface area contributed by atoms with Crippen LogP contribution < -0.4 is 0 Å². The van der Waals surface area contributed by atoms with Crippen LogP contribution in [-0.2, 0) is 10.0 Å². The molecule has 0 aliphatic carbocycles. The average Bonchev–Trinajstić information content (AvgIpc) is 3.52. The highest BCUT2D eigenvalue weighted by atomic mass is 32.2. The summed E-state index contributed by atoms with van der Waals surface area (Å²) in [6, 6.07) is 37.6. The monoisotopic (exact) mass is 544 g/mol. The standard InChI is InChI=1S/C31H22N2O2S.C2H6.C2H4/c1-21-14-17-23(18-15-21)36(34,35)33-30-13-7-4-10-26(30)27-20-22(16-19-31(27)33)32-28-11-5-2-8-24(28)25-9-3-6-12-29(25)32;2*1-2/h2-20H,1H3;1-2H3;1-2H2. The average molecular weight is 545 g/mol. The van der Waals surface area contributed by atoms with Crippen molar-refractivity contribution in [3.8, 4) is 5.69 Å². The molecule has 0 spiro atoms. The van der Waals surface area contributed by atoms with E-state index >= 15 is 0 Å². The fraction of sp³-hybridized carbons (Fsp3) is 0.0857. The van der Waals surface area contributed by atoms with Crippen LogP contribution in [0, 0.1) is 6.92 Å². The van der Waals surface area contributed by atoms with Gasteiger partial charge in [-0.1, -0.05) is 86.1 Å². The number of benzene rings is 5. The summed E-state index contributed by atoms with van der Waals surface area (Å²) in [5.41, 5.74) is 5.60. The SMILES string of the molecule is C=C.CC.Cc1ccc(S(=O)(=O)n2c3ccccc3c3cc(-n4c5ccccc5c5ccccc54)ccc32)cc1. The van der Waals surface area contributed by atoms with Crippen molar-refractivity contribution in [2.24, 2.45) is 0 Å². The molecule has 5 heteroatoms. The Kier molecular flexibility index (Phi) is 7.33. The van der Waals surface area contributed by atoms with E-state index in [0.29, 0.717) is 11.0 Å². The van der Waals surface area contributed by atoms with Crippen LogP contribution in [0.4, 0.5) is 0 Å². The van der Waals surface area contributed by atoms with E-state index in [-0.39, 0.29) is 4.90 Å². The van der Waals surface area contributed by atoms with Gasteiger partial charge in [0.05, 0.1) is 27.0 Å². The van der Waals surface area contributed by atoms with E-state index in [1.807, 2.05) is 69.3 Å². The highest BCUT2D eigenvalue weighted by molar-refractivity contribution is 7.90.